The van der Waals surface area contributed by atoms with E-state index >= 15 is 0 Å². The SMILES string of the molecule is Cc1cccc(C)c1OCCOc1nncc2ccccc12. The number of ether oxygens (including phenoxy) is 2. The van der Waals surface area contributed by atoms with Gasteiger partial charge < -0.3 is 9.47 Å². The van der Waals surface area contributed by atoms with E-state index in [1.54, 1.807) is 6.20 Å². The van der Waals surface area contributed by atoms with Crippen LogP contribution in [0.1, 0.15) is 11.1 Å². The van der Waals surface area contributed by atoms with Gasteiger partial charge >= 0.3 is 0 Å². The Morgan fingerprint density at radius 3 is 2.41 bits per heavy atom. The van der Waals surface area contributed by atoms with Gasteiger partial charge in [-0.2, -0.15) is 5.10 Å². The minimum absolute atomic E-state index is 0.427. The highest BCUT2D eigenvalue weighted by atomic mass is 16.5. The van der Waals surface area contributed by atoms with Gasteiger partial charge in [-0.1, -0.05) is 36.4 Å². The van der Waals surface area contributed by atoms with E-state index in [1.807, 2.05) is 56.3 Å². The molecule has 0 aliphatic carbocycles. The third-order valence-electron chi connectivity index (χ3n) is 3.51. The molecule has 0 fully saturated rings. The van der Waals surface area contributed by atoms with E-state index < -0.39 is 0 Å². The quantitative estimate of drug-likeness (QED) is 0.673. The zero-order valence-electron chi connectivity index (χ0n) is 12.7. The van der Waals surface area contributed by atoms with E-state index in [-0.39, 0.29) is 0 Å². The van der Waals surface area contributed by atoms with Crippen LogP contribution in [0.3, 0.4) is 0 Å². The van der Waals surface area contributed by atoms with Gasteiger partial charge in [-0.15, -0.1) is 5.10 Å². The summed E-state index contributed by atoms with van der Waals surface area (Å²) < 4.78 is 11.6. The van der Waals surface area contributed by atoms with Crippen molar-refractivity contribution in [2.24, 2.45) is 0 Å². The maximum absolute atomic E-state index is 5.83. The van der Waals surface area contributed by atoms with Crippen molar-refractivity contribution in [2.45, 2.75) is 13.8 Å². The molecule has 0 unspecified atom stereocenters. The Morgan fingerprint density at radius 1 is 0.864 bits per heavy atom. The molecular formula is C18H18N2O2. The van der Waals surface area contributed by atoms with Gasteiger partial charge in [-0.05, 0) is 31.0 Å². The van der Waals surface area contributed by atoms with Crippen molar-refractivity contribution >= 4 is 10.8 Å². The van der Waals surface area contributed by atoms with Gasteiger partial charge in [0.2, 0.25) is 5.88 Å². The summed E-state index contributed by atoms with van der Waals surface area (Å²) in [7, 11) is 0. The molecule has 4 heteroatoms. The molecule has 0 amide bonds. The highest BCUT2D eigenvalue weighted by Crippen LogP contribution is 2.23. The molecule has 0 aliphatic rings. The summed E-state index contributed by atoms with van der Waals surface area (Å²) >= 11 is 0. The van der Waals surface area contributed by atoms with Crippen LogP contribution in [-0.2, 0) is 0 Å². The third-order valence-corrected chi connectivity index (χ3v) is 3.51. The van der Waals surface area contributed by atoms with Gasteiger partial charge in [-0.25, -0.2) is 0 Å². The van der Waals surface area contributed by atoms with Crippen molar-refractivity contribution in [3.8, 4) is 11.6 Å². The molecule has 0 aliphatic heterocycles. The number of aryl methyl sites for hydroxylation is 2. The van der Waals surface area contributed by atoms with Gasteiger partial charge in [0.1, 0.15) is 19.0 Å². The Hall–Kier alpha value is -2.62. The average Bonchev–Trinajstić information content (AvgIpc) is 2.54. The van der Waals surface area contributed by atoms with Gasteiger partial charge in [0.15, 0.2) is 0 Å². The first-order valence-corrected chi connectivity index (χ1v) is 7.28. The Morgan fingerprint density at radius 2 is 1.59 bits per heavy atom. The van der Waals surface area contributed by atoms with E-state index in [9.17, 15) is 0 Å². The number of aromatic nitrogens is 2. The molecule has 0 saturated carbocycles. The molecule has 1 heterocycles. The molecule has 0 saturated heterocycles. The van der Waals surface area contributed by atoms with E-state index in [2.05, 4.69) is 10.2 Å². The Kier molecular flexibility index (Phi) is 4.19. The minimum Gasteiger partial charge on any atom is -0.489 e. The maximum atomic E-state index is 5.83. The largest absolute Gasteiger partial charge is 0.489 e. The van der Waals surface area contributed by atoms with E-state index in [0.717, 1.165) is 27.6 Å². The molecule has 2 aromatic carbocycles. The van der Waals surface area contributed by atoms with Crippen LogP contribution in [0.4, 0.5) is 0 Å². The number of benzene rings is 2. The molecule has 3 rings (SSSR count). The summed E-state index contributed by atoms with van der Waals surface area (Å²) in [5.74, 6) is 1.47. The highest BCUT2D eigenvalue weighted by Gasteiger charge is 2.05. The second kappa shape index (κ2) is 6.43. The van der Waals surface area contributed by atoms with Crippen LogP contribution in [0.2, 0.25) is 0 Å². The summed E-state index contributed by atoms with van der Waals surface area (Å²) in [5, 5.41) is 10.0. The number of para-hydroxylation sites is 1. The second-order valence-electron chi connectivity index (χ2n) is 5.15. The van der Waals surface area contributed by atoms with Crippen LogP contribution < -0.4 is 9.47 Å². The van der Waals surface area contributed by atoms with Gasteiger partial charge in [0, 0.05) is 10.8 Å². The van der Waals surface area contributed by atoms with Crippen molar-refractivity contribution in [3.63, 3.8) is 0 Å². The van der Waals surface area contributed by atoms with Gasteiger partial charge in [0.25, 0.3) is 0 Å². The molecule has 112 valence electrons. The topological polar surface area (TPSA) is 44.2 Å². The maximum Gasteiger partial charge on any atom is 0.241 e. The summed E-state index contributed by atoms with van der Waals surface area (Å²) in [6.07, 6.45) is 1.73. The normalized spacial score (nSPS) is 10.6. The predicted octanol–water partition coefficient (Wildman–Crippen LogP) is 3.70. The Labute approximate surface area is 129 Å². The Balaban J connectivity index is 1.63. The smallest absolute Gasteiger partial charge is 0.241 e. The Bertz CT molecular complexity index is 761. The fourth-order valence-corrected chi connectivity index (χ4v) is 2.42. The molecule has 4 nitrogen and oxygen atoms in total. The van der Waals surface area contributed by atoms with E-state index in [0.29, 0.717) is 19.1 Å². The third kappa shape index (κ3) is 3.01. The molecule has 3 aromatic rings. The highest BCUT2D eigenvalue weighted by molar-refractivity contribution is 5.85. The van der Waals surface area contributed by atoms with Crippen LogP contribution in [0.15, 0.2) is 48.7 Å². The van der Waals surface area contributed by atoms with E-state index in [1.165, 1.54) is 0 Å². The summed E-state index contributed by atoms with van der Waals surface area (Å²) in [6, 6.07) is 14.0. The zero-order chi connectivity index (χ0) is 15.4. The average molecular weight is 294 g/mol. The predicted molar refractivity (Wildman–Crippen MR) is 86.4 cm³/mol. The summed E-state index contributed by atoms with van der Waals surface area (Å²) in [4.78, 5) is 0. The van der Waals surface area contributed by atoms with E-state index in [4.69, 9.17) is 9.47 Å². The van der Waals surface area contributed by atoms with Crippen LogP contribution in [0.25, 0.3) is 10.8 Å². The van der Waals surface area contributed by atoms with Crippen LogP contribution in [-0.4, -0.2) is 23.4 Å². The number of rotatable bonds is 5. The number of hydrogen-bond donors (Lipinski definition) is 0. The number of hydrogen-bond acceptors (Lipinski definition) is 4. The molecular weight excluding hydrogens is 276 g/mol. The fraction of sp³-hybridized carbons (Fsp3) is 0.222. The lowest BCUT2D eigenvalue weighted by molar-refractivity contribution is 0.211. The van der Waals surface area contributed by atoms with Crippen LogP contribution in [0, 0.1) is 13.8 Å². The molecule has 1 aromatic heterocycles. The molecule has 0 radical (unpaired) electrons. The summed E-state index contributed by atoms with van der Waals surface area (Å²) in [5.41, 5.74) is 2.26. The molecule has 0 bridgehead atoms. The standard InChI is InChI=1S/C18H18N2O2/c1-13-6-5-7-14(2)17(13)21-10-11-22-18-16-9-4-3-8-15(16)12-19-20-18/h3-9,12H,10-11H2,1-2H3. The van der Waals surface area contributed by atoms with Crippen molar-refractivity contribution < 1.29 is 9.47 Å². The second-order valence-corrected chi connectivity index (χ2v) is 5.15. The lowest BCUT2D eigenvalue weighted by Gasteiger charge is -2.12. The lowest BCUT2D eigenvalue weighted by atomic mass is 10.1. The van der Waals surface area contributed by atoms with Crippen LogP contribution in [0.5, 0.6) is 11.6 Å². The lowest BCUT2D eigenvalue weighted by Crippen LogP contribution is -2.11. The van der Waals surface area contributed by atoms with Crippen LogP contribution >= 0.6 is 0 Å². The fourth-order valence-electron chi connectivity index (χ4n) is 2.42. The van der Waals surface area contributed by atoms with Crippen molar-refractivity contribution in [2.75, 3.05) is 13.2 Å². The van der Waals surface area contributed by atoms with Crippen molar-refractivity contribution in [1.82, 2.24) is 10.2 Å². The number of nitrogens with zero attached hydrogens (tertiary/aromatic N) is 2. The molecule has 0 N–H and O–H groups in total. The van der Waals surface area contributed by atoms with Gasteiger partial charge in [0.05, 0.1) is 6.20 Å². The first kappa shape index (κ1) is 14.3. The van der Waals surface area contributed by atoms with Gasteiger partial charge in [-0.3, -0.25) is 0 Å². The minimum atomic E-state index is 0.427. The molecule has 0 atom stereocenters. The van der Waals surface area contributed by atoms with Crippen molar-refractivity contribution in [3.05, 3.63) is 59.8 Å². The van der Waals surface area contributed by atoms with Crippen molar-refractivity contribution in [1.29, 1.82) is 0 Å². The first-order chi connectivity index (χ1) is 10.8. The zero-order valence-corrected chi connectivity index (χ0v) is 12.7. The summed E-state index contributed by atoms with van der Waals surface area (Å²) in [6.45, 7) is 4.98. The molecule has 0 spiro atoms. The molecule has 22 heavy (non-hydrogen) atoms. The number of fused-ring (bicyclic) bond motifs is 1. The monoisotopic (exact) mass is 294 g/mol. The first-order valence-electron chi connectivity index (χ1n) is 7.28.